The molecule has 6 heteroatoms. The number of amides is 1. The van der Waals surface area contributed by atoms with Gasteiger partial charge >= 0.3 is 0 Å². The van der Waals surface area contributed by atoms with Crippen LogP contribution in [0.4, 0.5) is 5.82 Å². The van der Waals surface area contributed by atoms with E-state index in [0.717, 1.165) is 0 Å². The molecule has 0 aliphatic carbocycles. The molecule has 2 atom stereocenters. The predicted octanol–water partition coefficient (Wildman–Crippen LogP) is 0.361. The van der Waals surface area contributed by atoms with E-state index >= 15 is 0 Å². The second-order valence-electron chi connectivity index (χ2n) is 4.64. The fourth-order valence-corrected chi connectivity index (χ4v) is 2.06. The molecular weight excluding hydrogens is 232 g/mol. The molecule has 0 spiro atoms. The first-order valence-electron chi connectivity index (χ1n) is 6.10. The van der Waals surface area contributed by atoms with Gasteiger partial charge in [-0.05, 0) is 24.5 Å². The summed E-state index contributed by atoms with van der Waals surface area (Å²) >= 11 is 0. The zero-order chi connectivity index (χ0) is 13.1. The first-order chi connectivity index (χ1) is 8.61. The van der Waals surface area contributed by atoms with E-state index in [1.54, 1.807) is 24.1 Å². The summed E-state index contributed by atoms with van der Waals surface area (Å²) in [5, 5.41) is 20.3. The molecule has 2 rings (SSSR count). The topological polar surface area (TPSA) is 78.4 Å². The molecule has 18 heavy (non-hydrogen) atoms. The van der Waals surface area contributed by atoms with Gasteiger partial charge in [-0.15, -0.1) is 10.2 Å². The lowest BCUT2D eigenvalue weighted by atomic mass is 9.96. The van der Waals surface area contributed by atoms with Crippen molar-refractivity contribution in [3.63, 3.8) is 0 Å². The summed E-state index contributed by atoms with van der Waals surface area (Å²) in [6.45, 7) is 3.08. The van der Waals surface area contributed by atoms with Gasteiger partial charge in [0, 0.05) is 20.1 Å². The summed E-state index contributed by atoms with van der Waals surface area (Å²) in [6, 6.07) is 3.39. The highest BCUT2D eigenvalue weighted by molar-refractivity contribution is 5.92. The van der Waals surface area contributed by atoms with E-state index in [2.05, 4.69) is 15.5 Å². The van der Waals surface area contributed by atoms with Gasteiger partial charge in [-0.25, -0.2) is 0 Å². The third kappa shape index (κ3) is 2.59. The van der Waals surface area contributed by atoms with Gasteiger partial charge in [-0.3, -0.25) is 4.79 Å². The van der Waals surface area contributed by atoms with Crippen LogP contribution in [-0.4, -0.2) is 52.4 Å². The van der Waals surface area contributed by atoms with Gasteiger partial charge in [0.2, 0.25) is 0 Å². The van der Waals surface area contributed by atoms with Crippen LogP contribution in [0.2, 0.25) is 0 Å². The van der Waals surface area contributed by atoms with Crippen molar-refractivity contribution >= 4 is 11.7 Å². The number of rotatable bonds is 2. The minimum absolute atomic E-state index is 0.104. The van der Waals surface area contributed by atoms with E-state index in [4.69, 9.17) is 0 Å². The molecule has 1 saturated heterocycles. The number of aliphatic hydroxyl groups excluding tert-OH is 1. The fraction of sp³-hybridized carbons (Fsp3) is 0.583. The van der Waals surface area contributed by atoms with Gasteiger partial charge in [0.05, 0.1) is 6.10 Å². The van der Waals surface area contributed by atoms with E-state index in [1.807, 2.05) is 6.92 Å². The van der Waals surface area contributed by atoms with Gasteiger partial charge in [0.15, 0.2) is 5.69 Å². The predicted molar refractivity (Wildman–Crippen MR) is 67.3 cm³/mol. The number of nitrogens with one attached hydrogen (secondary N) is 1. The van der Waals surface area contributed by atoms with Crippen LogP contribution in [0.25, 0.3) is 0 Å². The molecule has 2 unspecified atom stereocenters. The average molecular weight is 250 g/mol. The lowest BCUT2D eigenvalue weighted by Crippen LogP contribution is -2.45. The molecule has 0 saturated carbocycles. The Morgan fingerprint density at radius 3 is 2.83 bits per heavy atom. The van der Waals surface area contributed by atoms with E-state index in [0.29, 0.717) is 31.0 Å². The molecule has 1 fully saturated rings. The number of aliphatic hydroxyl groups is 1. The van der Waals surface area contributed by atoms with Crippen molar-refractivity contribution in [2.45, 2.75) is 19.4 Å². The molecule has 1 aliphatic rings. The van der Waals surface area contributed by atoms with Crippen molar-refractivity contribution in [2.24, 2.45) is 5.92 Å². The second-order valence-corrected chi connectivity index (χ2v) is 4.64. The van der Waals surface area contributed by atoms with Crippen molar-refractivity contribution in [3.8, 4) is 0 Å². The number of anilines is 1. The highest BCUT2D eigenvalue weighted by atomic mass is 16.3. The molecular formula is C12H18N4O2. The largest absolute Gasteiger partial charge is 0.393 e. The van der Waals surface area contributed by atoms with Gasteiger partial charge in [0.25, 0.3) is 5.91 Å². The van der Waals surface area contributed by atoms with Crippen molar-refractivity contribution in [2.75, 3.05) is 25.5 Å². The summed E-state index contributed by atoms with van der Waals surface area (Å²) in [5.41, 5.74) is 0.345. The van der Waals surface area contributed by atoms with Crippen LogP contribution in [0, 0.1) is 5.92 Å². The molecule has 1 amide bonds. The Hall–Kier alpha value is -1.69. The number of aromatic nitrogens is 2. The summed E-state index contributed by atoms with van der Waals surface area (Å²) in [5.74, 6) is 0.616. The summed E-state index contributed by atoms with van der Waals surface area (Å²) in [6.07, 6.45) is 0.307. The molecule has 1 aliphatic heterocycles. The molecule has 0 bridgehead atoms. The van der Waals surface area contributed by atoms with E-state index in [9.17, 15) is 9.90 Å². The third-order valence-corrected chi connectivity index (χ3v) is 3.29. The van der Waals surface area contributed by atoms with Crippen LogP contribution < -0.4 is 5.32 Å². The molecule has 0 aromatic carbocycles. The maximum absolute atomic E-state index is 12.2. The van der Waals surface area contributed by atoms with Crippen LogP contribution in [0.5, 0.6) is 0 Å². The quantitative estimate of drug-likeness (QED) is 0.792. The lowest BCUT2D eigenvalue weighted by Gasteiger charge is -2.34. The lowest BCUT2D eigenvalue weighted by molar-refractivity contribution is 0.0293. The van der Waals surface area contributed by atoms with Crippen molar-refractivity contribution in [3.05, 3.63) is 17.8 Å². The Morgan fingerprint density at radius 1 is 1.50 bits per heavy atom. The SMILES string of the molecule is CNc1ccc(C(=O)N2CCC(O)C(C)C2)nn1. The average Bonchev–Trinajstić information content (AvgIpc) is 2.41. The number of piperidine rings is 1. The number of nitrogens with zero attached hydrogens (tertiary/aromatic N) is 3. The Labute approximate surface area is 106 Å². The van der Waals surface area contributed by atoms with Crippen LogP contribution >= 0.6 is 0 Å². The standard InChI is InChI=1S/C12H18N4O2/c1-8-7-16(6-5-10(8)17)12(18)9-3-4-11(13-2)15-14-9/h3-4,8,10,17H,5-7H2,1-2H3,(H,13,15). The first-order valence-corrected chi connectivity index (χ1v) is 6.10. The third-order valence-electron chi connectivity index (χ3n) is 3.29. The van der Waals surface area contributed by atoms with Crippen molar-refractivity contribution < 1.29 is 9.90 Å². The summed E-state index contributed by atoms with van der Waals surface area (Å²) in [4.78, 5) is 13.9. The molecule has 1 aromatic heterocycles. The minimum atomic E-state index is -0.313. The Balaban J connectivity index is 2.06. The zero-order valence-electron chi connectivity index (χ0n) is 10.6. The van der Waals surface area contributed by atoms with Gasteiger partial charge in [-0.1, -0.05) is 6.92 Å². The summed E-state index contributed by atoms with van der Waals surface area (Å²) in [7, 11) is 1.75. The molecule has 2 heterocycles. The Kier molecular flexibility index (Phi) is 3.76. The zero-order valence-corrected chi connectivity index (χ0v) is 10.6. The van der Waals surface area contributed by atoms with E-state index < -0.39 is 0 Å². The smallest absolute Gasteiger partial charge is 0.274 e. The van der Waals surface area contributed by atoms with Crippen LogP contribution in [0.1, 0.15) is 23.8 Å². The van der Waals surface area contributed by atoms with Crippen LogP contribution in [0.15, 0.2) is 12.1 Å². The molecule has 98 valence electrons. The number of likely N-dealkylation sites (tertiary alicyclic amines) is 1. The maximum atomic E-state index is 12.2. The molecule has 2 N–H and O–H groups in total. The van der Waals surface area contributed by atoms with Gasteiger partial charge < -0.3 is 15.3 Å². The monoisotopic (exact) mass is 250 g/mol. The number of hydrogen-bond donors (Lipinski definition) is 2. The fourth-order valence-electron chi connectivity index (χ4n) is 2.06. The molecule has 1 aromatic rings. The van der Waals surface area contributed by atoms with Crippen LogP contribution in [0.3, 0.4) is 0 Å². The Bertz CT molecular complexity index is 421. The second kappa shape index (κ2) is 5.30. The highest BCUT2D eigenvalue weighted by Crippen LogP contribution is 2.18. The van der Waals surface area contributed by atoms with Crippen molar-refractivity contribution in [1.82, 2.24) is 15.1 Å². The molecule has 0 radical (unpaired) electrons. The number of carbonyl (C=O) groups excluding carboxylic acids is 1. The van der Waals surface area contributed by atoms with Gasteiger partial charge in [-0.2, -0.15) is 0 Å². The normalized spacial score (nSPS) is 23.8. The summed E-state index contributed by atoms with van der Waals surface area (Å²) < 4.78 is 0. The van der Waals surface area contributed by atoms with E-state index in [-0.39, 0.29) is 17.9 Å². The van der Waals surface area contributed by atoms with Gasteiger partial charge in [0.1, 0.15) is 5.82 Å². The highest BCUT2D eigenvalue weighted by Gasteiger charge is 2.28. The maximum Gasteiger partial charge on any atom is 0.274 e. The van der Waals surface area contributed by atoms with Crippen molar-refractivity contribution in [1.29, 1.82) is 0 Å². The van der Waals surface area contributed by atoms with Crippen LogP contribution in [-0.2, 0) is 0 Å². The Morgan fingerprint density at radius 2 is 2.28 bits per heavy atom. The number of carbonyl (C=O) groups is 1. The van der Waals surface area contributed by atoms with E-state index in [1.165, 1.54) is 0 Å². The number of hydrogen-bond acceptors (Lipinski definition) is 5. The minimum Gasteiger partial charge on any atom is -0.393 e. The first kappa shape index (κ1) is 12.8. The molecule has 6 nitrogen and oxygen atoms in total.